The van der Waals surface area contributed by atoms with Crippen molar-refractivity contribution in [2.45, 2.75) is 60.3 Å². The molecule has 2 aliphatic carbocycles. The minimum Gasteiger partial charge on any atom is -0.388 e. The van der Waals surface area contributed by atoms with Gasteiger partial charge < -0.3 is 25.4 Å². The van der Waals surface area contributed by atoms with E-state index in [9.17, 15) is 19.0 Å². The van der Waals surface area contributed by atoms with Crippen molar-refractivity contribution in [1.82, 2.24) is 15.3 Å². The molecule has 3 aliphatic rings. The summed E-state index contributed by atoms with van der Waals surface area (Å²) in [5.41, 5.74) is 1.21. The van der Waals surface area contributed by atoms with Crippen LogP contribution in [0.1, 0.15) is 44.7 Å². The van der Waals surface area contributed by atoms with Crippen LogP contribution < -0.4 is 15.5 Å². The number of amides is 2. The first-order chi connectivity index (χ1) is 19.7. The number of benzene rings is 2. The number of rotatable bonds is 9. The quantitative estimate of drug-likeness (QED) is 0.233. The van der Waals surface area contributed by atoms with E-state index in [0.29, 0.717) is 67.5 Å². The molecular weight excluding hydrogens is 542 g/mol. The number of morpholine rings is 1. The van der Waals surface area contributed by atoms with Crippen molar-refractivity contribution in [3.05, 3.63) is 66.4 Å². The molecule has 41 heavy (non-hydrogen) atoms. The Kier molecular flexibility index (Phi) is 7.41. The normalized spacial score (nSPS) is 21.2. The molecule has 0 unspecified atom stereocenters. The SMILES string of the molecule is CC[C@H]1COCCN1c1cc(C2(S(O)(O)c3ccccc3)CC2)nc(-c2ccc(NC(=O)NCC3(O)CC3)cc2)n1. The maximum atomic E-state index is 12.3. The number of nitrogens with one attached hydrogen (secondary N) is 2. The van der Waals surface area contributed by atoms with Crippen molar-refractivity contribution >= 4 is 28.1 Å². The lowest BCUT2D eigenvalue weighted by atomic mass is 10.1. The van der Waals surface area contributed by atoms with E-state index in [1.54, 1.807) is 24.3 Å². The highest BCUT2D eigenvalue weighted by Gasteiger charge is 2.57. The van der Waals surface area contributed by atoms with E-state index in [1.807, 2.05) is 36.4 Å². The third kappa shape index (κ3) is 5.64. The average Bonchev–Trinajstić information content (AvgIpc) is 3.94. The van der Waals surface area contributed by atoms with E-state index in [4.69, 9.17) is 14.7 Å². The summed E-state index contributed by atoms with van der Waals surface area (Å²) >= 11 is 0. The fraction of sp³-hybridized carbons (Fsp3) is 0.433. The van der Waals surface area contributed by atoms with Gasteiger partial charge in [-0.15, -0.1) is 0 Å². The number of carbonyl (C=O) groups excluding carboxylic acids is 1. The van der Waals surface area contributed by atoms with Gasteiger partial charge in [0, 0.05) is 30.4 Å². The first kappa shape index (κ1) is 27.9. The van der Waals surface area contributed by atoms with Gasteiger partial charge in [-0.3, -0.25) is 9.11 Å². The zero-order valence-electron chi connectivity index (χ0n) is 23.1. The van der Waals surface area contributed by atoms with Crippen LogP contribution in [0.15, 0.2) is 65.6 Å². The lowest BCUT2D eigenvalue weighted by Crippen LogP contribution is -2.45. The molecule has 218 valence electrons. The van der Waals surface area contributed by atoms with Gasteiger partial charge >= 0.3 is 6.03 Å². The summed E-state index contributed by atoms with van der Waals surface area (Å²) in [5.74, 6) is 1.23. The largest absolute Gasteiger partial charge is 0.388 e. The van der Waals surface area contributed by atoms with E-state index >= 15 is 0 Å². The van der Waals surface area contributed by atoms with E-state index in [2.05, 4.69) is 22.5 Å². The van der Waals surface area contributed by atoms with Crippen LogP contribution >= 0.6 is 10.6 Å². The minimum atomic E-state index is -3.18. The molecule has 2 saturated carbocycles. The molecule has 1 saturated heterocycles. The van der Waals surface area contributed by atoms with Gasteiger partial charge in [0.15, 0.2) is 5.82 Å². The predicted octanol–water partition coefficient (Wildman–Crippen LogP) is 5.20. The van der Waals surface area contributed by atoms with E-state index in [0.717, 1.165) is 17.8 Å². The highest BCUT2D eigenvalue weighted by atomic mass is 32.3. The Balaban J connectivity index is 1.32. The summed E-state index contributed by atoms with van der Waals surface area (Å²) in [4.78, 5) is 24.9. The summed E-state index contributed by atoms with van der Waals surface area (Å²) in [6.45, 7) is 4.23. The number of ether oxygens (including phenoxy) is 1. The number of hydrogen-bond acceptors (Lipinski definition) is 8. The fourth-order valence-corrected chi connectivity index (χ4v) is 7.37. The van der Waals surface area contributed by atoms with Crippen LogP contribution in [0, 0.1) is 0 Å². The smallest absolute Gasteiger partial charge is 0.319 e. The van der Waals surface area contributed by atoms with Crippen molar-refractivity contribution in [2.24, 2.45) is 0 Å². The Morgan fingerprint density at radius 1 is 1.07 bits per heavy atom. The Bertz CT molecular complexity index is 1400. The molecule has 0 radical (unpaired) electrons. The summed E-state index contributed by atoms with van der Waals surface area (Å²) < 4.78 is 28.0. The summed E-state index contributed by atoms with van der Waals surface area (Å²) in [6, 6.07) is 18.0. The molecule has 3 aromatic rings. The second-order valence-electron chi connectivity index (χ2n) is 11.2. The lowest BCUT2D eigenvalue weighted by Gasteiger charge is -2.41. The Labute approximate surface area is 241 Å². The molecule has 5 N–H and O–H groups in total. The molecule has 1 aliphatic heterocycles. The monoisotopic (exact) mass is 579 g/mol. The van der Waals surface area contributed by atoms with Crippen LogP contribution in [-0.4, -0.2) is 68.2 Å². The van der Waals surface area contributed by atoms with Crippen molar-refractivity contribution < 1.29 is 23.7 Å². The van der Waals surface area contributed by atoms with Crippen LogP contribution in [0.4, 0.5) is 16.3 Å². The van der Waals surface area contributed by atoms with E-state index in [-0.39, 0.29) is 18.6 Å². The Morgan fingerprint density at radius 2 is 1.80 bits per heavy atom. The molecule has 0 spiro atoms. The highest BCUT2D eigenvalue weighted by molar-refractivity contribution is 8.25. The van der Waals surface area contributed by atoms with Gasteiger partial charge in [-0.05, 0) is 68.5 Å². The minimum absolute atomic E-state index is 0.155. The standard InChI is InChI=1S/C30H37N5O5S/c1-2-23-19-40-17-16-35(23)26-18-25(30(14-15-30)41(38,39)24-6-4-3-5-7-24)33-27(34-26)21-8-10-22(11-9-21)32-28(36)31-20-29(37)12-13-29/h3-11,18,23,37-39H,2,12-17,19-20H2,1H3,(H2,31,32,36)/t23-/m0/s1. The number of aliphatic hydroxyl groups is 1. The van der Waals surface area contributed by atoms with E-state index < -0.39 is 20.9 Å². The van der Waals surface area contributed by atoms with Crippen molar-refractivity contribution in [2.75, 3.05) is 36.5 Å². The Hall–Kier alpha value is -3.22. The first-order valence-corrected chi connectivity index (χ1v) is 15.7. The van der Waals surface area contributed by atoms with Crippen molar-refractivity contribution in [3.63, 3.8) is 0 Å². The van der Waals surface area contributed by atoms with Gasteiger partial charge in [0.25, 0.3) is 0 Å². The molecule has 2 aromatic carbocycles. The number of nitrogens with zero attached hydrogens (tertiary/aromatic N) is 3. The molecule has 0 bridgehead atoms. The van der Waals surface area contributed by atoms with Crippen molar-refractivity contribution in [3.8, 4) is 11.4 Å². The lowest BCUT2D eigenvalue weighted by molar-refractivity contribution is 0.0925. The second kappa shape index (κ2) is 10.9. The third-order valence-corrected chi connectivity index (χ3v) is 10.9. The number of hydrogen-bond donors (Lipinski definition) is 5. The molecule has 3 fully saturated rings. The summed E-state index contributed by atoms with van der Waals surface area (Å²) in [7, 11) is -3.18. The summed E-state index contributed by atoms with van der Waals surface area (Å²) in [6.07, 6.45) is 3.53. The van der Waals surface area contributed by atoms with Crippen LogP contribution in [0.25, 0.3) is 11.4 Å². The van der Waals surface area contributed by atoms with Crippen LogP contribution in [0.3, 0.4) is 0 Å². The number of carbonyl (C=O) groups is 1. The molecule has 6 rings (SSSR count). The van der Waals surface area contributed by atoms with Gasteiger partial charge in [0.1, 0.15) is 10.6 Å². The van der Waals surface area contributed by atoms with Gasteiger partial charge in [-0.2, -0.15) is 10.6 Å². The average molecular weight is 580 g/mol. The predicted molar refractivity (Wildman–Crippen MR) is 159 cm³/mol. The third-order valence-electron chi connectivity index (χ3n) is 8.30. The van der Waals surface area contributed by atoms with E-state index in [1.165, 1.54) is 0 Å². The number of anilines is 2. The molecular formula is C30H37N5O5S. The van der Waals surface area contributed by atoms with Crippen LogP contribution in [-0.2, 0) is 9.48 Å². The van der Waals surface area contributed by atoms with Crippen LogP contribution in [0.2, 0.25) is 0 Å². The molecule has 2 amide bonds. The van der Waals surface area contributed by atoms with Gasteiger partial charge in [0.2, 0.25) is 0 Å². The maximum absolute atomic E-state index is 12.3. The van der Waals surface area contributed by atoms with Crippen molar-refractivity contribution in [1.29, 1.82) is 0 Å². The van der Waals surface area contributed by atoms with Crippen LogP contribution in [0.5, 0.6) is 0 Å². The van der Waals surface area contributed by atoms with Gasteiger partial charge in [-0.25, -0.2) is 14.8 Å². The zero-order valence-corrected chi connectivity index (χ0v) is 23.9. The number of urea groups is 1. The maximum Gasteiger partial charge on any atom is 0.319 e. The van der Waals surface area contributed by atoms with Gasteiger partial charge in [-0.1, -0.05) is 25.1 Å². The molecule has 1 aromatic heterocycles. The molecule has 1 atom stereocenters. The summed E-state index contributed by atoms with van der Waals surface area (Å²) in [5, 5.41) is 15.5. The molecule has 2 heterocycles. The molecule has 10 nitrogen and oxygen atoms in total. The second-order valence-corrected chi connectivity index (χ2v) is 13.6. The zero-order chi connectivity index (χ0) is 28.7. The topological polar surface area (TPSA) is 140 Å². The number of aromatic nitrogens is 2. The molecule has 11 heteroatoms. The van der Waals surface area contributed by atoms with Gasteiger partial charge in [0.05, 0.1) is 35.4 Å². The Morgan fingerprint density at radius 3 is 2.46 bits per heavy atom. The fourth-order valence-electron chi connectivity index (χ4n) is 5.32. The highest BCUT2D eigenvalue weighted by Crippen LogP contribution is 2.75. The first-order valence-electron chi connectivity index (χ1n) is 14.2.